The van der Waals surface area contributed by atoms with Gasteiger partial charge in [0, 0.05) is 16.3 Å². The number of benzene rings is 1. The van der Waals surface area contributed by atoms with Crippen molar-refractivity contribution in [2.45, 2.75) is 6.92 Å². The van der Waals surface area contributed by atoms with E-state index < -0.39 is 15.8 Å². The Hall–Kier alpha value is -1.34. The topological polar surface area (TPSA) is 80.7 Å². The third-order valence-electron chi connectivity index (χ3n) is 2.48. The van der Waals surface area contributed by atoms with Crippen molar-refractivity contribution < 1.29 is 23.1 Å². The number of aliphatic carboxylic acids is 1. The van der Waals surface area contributed by atoms with Gasteiger partial charge in [-0.3, -0.25) is 0 Å². The summed E-state index contributed by atoms with van der Waals surface area (Å²) in [6.07, 6.45) is 2.45. The molecule has 0 radical (unpaired) electrons. The van der Waals surface area contributed by atoms with Crippen molar-refractivity contribution in [1.82, 2.24) is 0 Å². The molecule has 0 aliphatic carbocycles. The molecule has 0 amide bonds. The predicted octanol–water partition coefficient (Wildman–Crippen LogP) is 2.36. The molecule has 0 bridgehead atoms. The molecule has 0 aromatic heterocycles. The van der Waals surface area contributed by atoms with Gasteiger partial charge < -0.3 is 9.84 Å². The normalized spacial score (nSPS) is 11.7. The molecule has 0 fully saturated rings. The summed E-state index contributed by atoms with van der Waals surface area (Å²) in [5, 5.41) is 8.59. The lowest BCUT2D eigenvalue weighted by atomic mass is 10.2. The molecule has 1 aromatic rings. The van der Waals surface area contributed by atoms with Crippen LogP contribution in [0.1, 0.15) is 12.5 Å². The number of rotatable bonds is 7. The van der Waals surface area contributed by atoms with E-state index in [4.69, 9.17) is 9.84 Å². The summed E-state index contributed by atoms with van der Waals surface area (Å²) in [6, 6.07) is 5.04. The van der Waals surface area contributed by atoms with Crippen LogP contribution in [0.5, 0.6) is 5.75 Å². The first kappa shape index (κ1) is 16.7. The molecule has 0 saturated carbocycles. The van der Waals surface area contributed by atoms with Crippen molar-refractivity contribution in [2.75, 3.05) is 18.1 Å². The Bertz CT molecular complexity index is 607. The molecule has 0 spiro atoms. The van der Waals surface area contributed by atoms with Gasteiger partial charge >= 0.3 is 5.97 Å². The molecule has 0 atom stereocenters. The average molecular weight is 363 g/mol. The van der Waals surface area contributed by atoms with Crippen LogP contribution in [0.2, 0.25) is 0 Å². The van der Waals surface area contributed by atoms with Gasteiger partial charge in [-0.25, -0.2) is 13.2 Å². The minimum atomic E-state index is -3.06. The van der Waals surface area contributed by atoms with Crippen LogP contribution in [0.3, 0.4) is 0 Å². The highest BCUT2D eigenvalue weighted by Crippen LogP contribution is 2.23. The van der Waals surface area contributed by atoms with Gasteiger partial charge in [0.05, 0.1) is 5.75 Å². The molecule has 0 heterocycles. The largest absolute Gasteiger partial charge is 0.493 e. The fourth-order valence-corrected chi connectivity index (χ4v) is 2.34. The van der Waals surface area contributed by atoms with Gasteiger partial charge in [0.15, 0.2) is 9.84 Å². The Morgan fingerprint density at radius 2 is 2.15 bits per heavy atom. The van der Waals surface area contributed by atoms with Crippen LogP contribution in [0.15, 0.2) is 28.7 Å². The maximum absolute atomic E-state index is 11.3. The van der Waals surface area contributed by atoms with E-state index in [1.807, 2.05) is 0 Å². The van der Waals surface area contributed by atoms with Crippen LogP contribution in [0, 0.1) is 0 Å². The zero-order valence-corrected chi connectivity index (χ0v) is 13.3. The number of carboxylic acid groups (broad SMARTS) is 1. The van der Waals surface area contributed by atoms with Gasteiger partial charge in [-0.15, -0.1) is 0 Å². The first-order valence-corrected chi connectivity index (χ1v) is 8.49. The lowest BCUT2D eigenvalue weighted by molar-refractivity contribution is -0.131. The van der Waals surface area contributed by atoms with Crippen molar-refractivity contribution in [3.05, 3.63) is 34.3 Å². The van der Waals surface area contributed by atoms with Crippen LogP contribution < -0.4 is 4.74 Å². The molecular weight excluding hydrogens is 348 g/mol. The molecule has 1 aromatic carbocycles. The zero-order valence-electron chi connectivity index (χ0n) is 10.9. The van der Waals surface area contributed by atoms with Gasteiger partial charge in [-0.2, -0.15) is 0 Å². The molecular formula is C13H15BrO5S. The third kappa shape index (κ3) is 5.75. The molecule has 0 aliphatic heterocycles. The Morgan fingerprint density at radius 3 is 2.75 bits per heavy atom. The summed E-state index contributed by atoms with van der Waals surface area (Å²) in [6.45, 7) is 1.66. The second-order valence-electron chi connectivity index (χ2n) is 3.94. The number of halogens is 1. The van der Waals surface area contributed by atoms with Gasteiger partial charge in [-0.1, -0.05) is 22.9 Å². The SMILES string of the molecule is CCS(=O)(=O)CCOc1ccc(Br)c(/C=C/C(=O)O)c1. The predicted molar refractivity (Wildman–Crippen MR) is 80.6 cm³/mol. The Kier molecular flexibility index (Phi) is 6.22. The summed E-state index contributed by atoms with van der Waals surface area (Å²) in [5.74, 6) is -0.509. The zero-order chi connectivity index (χ0) is 15.2. The second kappa shape index (κ2) is 7.44. The number of ether oxygens (including phenoxy) is 1. The maximum atomic E-state index is 11.3. The number of carbonyl (C=O) groups is 1. The Balaban J connectivity index is 2.73. The van der Waals surface area contributed by atoms with Crippen molar-refractivity contribution in [1.29, 1.82) is 0 Å². The summed E-state index contributed by atoms with van der Waals surface area (Å²) >= 11 is 3.30. The van der Waals surface area contributed by atoms with E-state index in [2.05, 4.69) is 15.9 Å². The van der Waals surface area contributed by atoms with Crippen LogP contribution in [0.4, 0.5) is 0 Å². The van der Waals surface area contributed by atoms with Gasteiger partial charge in [0.2, 0.25) is 0 Å². The lowest BCUT2D eigenvalue weighted by Crippen LogP contribution is -2.15. The molecule has 5 nitrogen and oxygen atoms in total. The van der Waals surface area contributed by atoms with E-state index >= 15 is 0 Å². The van der Waals surface area contributed by atoms with Crippen LogP contribution >= 0.6 is 15.9 Å². The van der Waals surface area contributed by atoms with Crippen LogP contribution in [0.25, 0.3) is 6.08 Å². The molecule has 0 unspecified atom stereocenters. The fourth-order valence-electron chi connectivity index (χ4n) is 1.33. The van der Waals surface area contributed by atoms with E-state index in [0.717, 1.165) is 10.5 Å². The van der Waals surface area contributed by atoms with Gasteiger partial charge in [0.25, 0.3) is 0 Å². The summed E-state index contributed by atoms with van der Waals surface area (Å²) in [5.41, 5.74) is 0.642. The second-order valence-corrected chi connectivity index (χ2v) is 7.27. The smallest absolute Gasteiger partial charge is 0.328 e. The highest BCUT2D eigenvalue weighted by molar-refractivity contribution is 9.10. The average Bonchev–Trinajstić information content (AvgIpc) is 2.39. The Labute approximate surface area is 126 Å². The minimum absolute atomic E-state index is 0.0418. The van der Waals surface area contributed by atoms with Gasteiger partial charge in [0.1, 0.15) is 12.4 Å². The molecule has 0 aliphatic rings. The molecule has 110 valence electrons. The number of hydrogen-bond acceptors (Lipinski definition) is 4. The highest BCUT2D eigenvalue weighted by Gasteiger charge is 2.08. The summed E-state index contributed by atoms with van der Waals surface area (Å²) in [7, 11) is -3.06. The summed E-state index contributed by atoms with van der Waals surface area (Å²) < 4.78 is 28.7. The monoisotopic (exact) mass is 362 g/mol. The van der Waals surface area contributed by atoms with Crippen molar-refractivity contribution in [2.24, 2.45) is 0 Å². The number of hydrogen-bond donors (Lipinski definition) is 1. The third-order valence-corrected chi connectivity index (χ3v) is 4.87. The first-order valence-electron chi connectivity index (χ1n) is 5.88. The number of sulfone groups is 1. The molecule has 1 rings (SSSR count). The fraction of sp³-hybridized carbons (Fsp3) is 0.308. The van der Waals surface area contributed by atoms with E-state index in [0.29, 0.717) is 11.3 Å². The van der Waals surface area contributed by atoms with Crippen molar-refractivity contribution >= 4 is 37.8 Å². The van der Waals surface area contributed by atoms with E-state index in [-0.39, 0.29) is 18.1 Å². The maximum Gasteiger partial charge on any atom is 0.328 e. The van der Waals surface area contributed by atoms with Gasteiger partial charge in [-0.05, 0) is 29.8 Å². The summed E-state index contributed by atoms with van der Waals surface area (Å²) in [4.78, 5) is 10.5. The number of carboxylic acids is 1. The van der Waals surface area contributed by atoms with Crippen molar-refractivity contribution in [3.63, 3.8) is 0 Å². The standard InChI is InChI=1S/C13H15BrO5S/c1-2-20(17,18)8-7-19-11-4-5-12(14)10(9-11)3-6-13(15)16/h3-6,9H,2,7-8H2,1H3,(H,15,16)/b6-3+. The Morgan fingerprint density at radius 1 is 1.45 bits per heavy atom. The first-order chi connectivity index (χ1) is 9.34. The molecule has 20 heavy (non-hydrogen) atoms. The van der Waals surface area contributed by atoms with Crippen LogP contribution in [-0.4, -0.2) is 37.6 Å². The van der Waals surface area contributed by atoms with Crippen LogP contribution in [-0.2, 0) is 14.6 Å². The van der Waals surface area contributed by atoms with E-state index in [9.17, 15) is 13.2 Å². The molecule has 0 saturated heterocycles. The van der Waals surface area contributed by atoms with E-state index in [1.54, 1.807) is 25.1 Å². The highest BCUT2D eigenvalue weighted by atomic mass is 79.9. The van der Waals surface area contributed by atoms with E-state index in [1.165, 1.54) is 6.08 Å². The minimum Gasteiger partial charge on any atom is -0.493 e. The molecule has 1 N–H and O–H groups in total. The lowest BCUT2D eigenvalue weighted by Gasteiger charge is -2.08. The molecule has 7 heteroatoms. The quantitative estimate of drug-likeness (QED) is 0.753. The van der Waals surface area contributed by atoms with Crippen molar-refractivity contribution in [3.8, 4) is 5.75 Å².